The molecule has 3 atom stereocenters. The van der Waals surface area contributed by atoms with E-state index in [-0.39, 0.29) is 0 Å². The number of likely N-dealkylation sites (N-methyl/N-ethyl adjacent to an activating group) is 1. The van der Waals surface area contributed by atoms with Gasteiger partial charge in [0.05, 0.1) is 18.4 Å². The Morgan fingerprint density at radius 3 is 2.71 bits per heavy atom. The zero-order valence-corrected chi connectivity index (χ0v) is 14.2. The Hall–Kier alpha value is -1.03. The molecule has 1 fully saturated rings. The number of hydrogen-bond acceptors (Lipinski definition) is 3. The van der Waals surface area contributed by atoms with E-state index in [9.17, 15) is 0 Å². The standard InChI is InChI=1S/C17H32N4/c1-5-20(6-2)9-10-21-13-16(12-18-21)19-17-8-7-14(3)11-15(17)4/h12-15,17,19H,5-11H2,1-4H3. The summed E-state index contributed by atoms with van der Waals surface area (Å²) in [5.74, 6) is 1.64. The predicted molar refractivity (Wildman–Crippen MR) is 89.6 cm³/mol. The second-order valence-corrected chi connectivity index (χ2v) is 6.67. The molecule has 1 saturated carbocycles. The molecular formula is C17H32N4. The minimum absolute atomic E-state index is 0.613. The van der Waals surface area contributed by atoms with Crippen LogP contribution in [0.4, 0.5) is 5.69 Å². The molecule has 1 aromatic rings. The number of anilines is 1. The smallest absolute Gasteiger partial charge is 0.0728 e. The maximum Gasteiger partial charge on any atom is 0.0728 e. The van der Waals surface area contributed by atoms with E-state index in [1.807, 2.05) is 6.20 Å². The first kappa shape index (κ1) is 16.3. The summed E-state index contributed by atoms with van der Waals surface area (Å²) in [6.07, 6.45) is 8.11. The van der Waals surface area contributed by atoms with E-state index in [1.54, 1.807) is 0 Å². The van der Waals surface area contributed by atoms with Gasteiger partial charge in [0.1, 0.15) is 0 Å². The van der Waals surface area contributed by atoms with Crippen LogP contribution in [0, 0.1) is 11.8 Å². The second kappa shape index (κ2) is 7.83. The lowest BCUT2D eigenvalue weighted by atomic mass is 9.80. The third kappa shape index (κ3) is 4.73. The molecule has 0 radical (unpaired) electrons. The van der Waals surface area contributed by atoms with Crippen LogP contribution in [-0.2, 0) is 6.54 Å². The van der Waals surface area contributed by atoms with Crippen molar-refractivity contribution in [2.45, 2.75) is 59.5 Å². The molecule has 0 saturated heterocycles. The molecule has 0 aliphatic heterocycles. The van der Waals surface area contributed by atoms with Crippen molar-refractivity contribution in [3.63, 3.8) is 0 Å². The summed E-state index contributed by atoms with van der Waals surface area (Å²) < 4.78 is 2.07. The van der Waals surface area contributed by atoms with Gasteiger partial charge in [-0.2, -0.15) is 5.10 Å². The van der Waals surface area contributed by atoms with E-state index >= 15 is 0 Å². The van der Waals surface area contributed by atoms with E-state index in [2.05, 4.69) is 53.9 Å². The summed E-state index contributed by atoms with van der Waals surface area (Å²) in [5.41, 5.74) is 1.18. The highest BCUT2D eigenvalue weighted by atomic mass is 15.3. The summed E-state index contributed by atoms with van der Waals surface area (Å²) >= 11 is 0. The molecule has 1 aliphatic carbocycles. The fourth-order valence-corrected chi connectivity index (χ4v) is 3.44. The van der Waals surface area contributed by atoms with E-state index in [1.165, 1.54) is 24.9 Å². The van der Waals surface area contributed by atoms with Gasteiger partial charge in [-0.15, -0.1) is 0 Å². The number of aromatic nitrogens is 2. The summed E-state index contributed by atoms with van der Waals surface area (Å²) in [6, 6.07) is 0.613. The summed E-state index contributed by atoms with van der Waals surface area (Å²) in [7, 11) is 0. The van der Waals surface area contributed by atoms with Crippen LogP contribution >= 0.6 is 0 Å². The Morgan fingerprint density at radius 2 is 2.05 bits per heavy atom. The van der Waals surface area contributed by atoms with Crippen molar-refractivity contribution in [3.8, 4) is 0 Å². The molecule has 1 aliphatic rings. The molecule has 0 amide bonds. The van der Waals surface area contributed by atoms with Gasteiger partial charge in [0.25, 0.3) is 0 Å². The minimum atomic E-state index is 0.613. The zero-order chi connectivity index (χ0) is 15.2. The van der Waals surface area contributed by atoms with Gasteiger partial charge >= 0.3 is 0 Å². The van der Waals surface area contributed by atoms with Gasteiger partial charge in [0.15, 0.2) is 0 Å². The van der Waals surface area contributed by atoms with E-state index < -0.39 is 0 Å². The molecule has 0 aromatic carbocycles. The highest BCUT2D eigenvalue weighted by molar-refractivity contribution is 5.39. The highest BCUT2D eigenvalue weighted by Crippen LogP contribution is 2.30. The summed E-state index contributed by atoms with van der Waals surface area (Å²) in [4.78, 5) is 2.43. The quantitative estimate of drug-likeness (QED) is 0.835. The topological polar surface area (TPSA) is 33.1 Å². The van der Waals surface area contributed by atoms with Crippen molar-refractivity contribution in [2.24, 2.45) is 11.8 Å². The van der Waals surface area contributed by atoms with Gasteiger partial charge in [0, 0.05) is 18.8 Å². The van der Waals surface area contributed by atoms with E-state index in [4.69, 9.17) is 0 Å². The van der Waals surface area contributed by atoms with Gasteiger partial charge in [-0.3, -0.25) is 4.68 Å². The first-order valence-corrected chi connectivity index (χ1v) is 8.63. The normalized spacial score (nSPS) is 26.2. The first-order valence-electron chi connectivity index (χ1n) is 8.63. The highest BCUT2D eigenvalue weighted by Gasteiger charge is 2.25. The fraction of sp³-hybridized carbons (Fsp3) is 0.824. The molecule has 21 heavy (non-hydrogen) atoms. The Labute approximate surface area is 129 Å². The van der Waals surface area contributed by atoms with E-state index in [0.29, 0.717) is 6.04 Å². The molecule has 0 bridgehead atoms. The Kier molecular flexibility index (Phi) is 6.09. The number of rotatable bonds is 7. The third-order valence-electron chi connectivity index (χ3n) is 4.96. The van der Waals surface area contributed by atoms with Crippen LogP contribution in [0.15, 0.2) is 12.4 Å². The molecule has 3 unspecified atom stereocenters. The van der Waals surface area contributed by atoms with Crippen molar-refractivity contribution in [1.29, 1.82) is 0 Å². The van der Waals surface area contributed by atoms with Crippen LogP contribution in [0.5, 0.6) is 0 Å². The fourth-order valence-electron chi connectivity index (χ4n) is 3.44. The largest absolute Gasteiger partial charge is 0.380 e. The lowest BCUT2D eigenvalue weighted by Crippen LogP contribution is -2.32. The molecule has 0 spiro atoms. The summed E-state index contributed by atoms with van der Waals surface area (Å²) in [6.45, 7) is 13.4. The Morgan fingerprint density at radius 1 is 1.29 bits per heavy atom. The maximum absolute atomic E-state index is 4.49. The Balaban J connectivity index is 1.82. The average molecular weight is 292 g/mol. The molecule has 1 aromatic heterocycles. The third-order valence-corrected chi connectivity index (χ3v) is 4.96. The lowest BCUT2D eigenvalue weighted by Gasteiger charge is -2.33. The van der Waals surface area contributed by atoms with Crippen LogP contribution in [0.25, 0.3) is 0 Å². The number of nitrogens with one attached hydrogen (secondary N) is 1. The molecule has 1 heterocycles. The molecule has 120 valence electrons. The van der Waals surface area contributed by atoms with Gasteiger partial charge in [-0.25, -0.2) is 0 Å². The number of nitrogens with zero attached hydrogens (tertiary/aromatic N) is 3. The Bertz CT molecular complexity index is 411. The monoisotopic (exact) mass is 292 g/mol. The van der Waals surface area contributed by atoms with Gasteiger partial charge in [-0.05, 0) is 44.2 Å². The van der Waals surface area contributed by atoms with Crippen LogP contribution < -0.4 is 5.32 Å². The maximum atomic E-state index is 4.49. The molecule has 2 rings (SSSR count). The van der Waals surface area contributed by atoms with Gasteiger partial charge in [-0.1, -0.05) is 27.7 Å². The van der Waals surface area contributed by atoms with Crippen LogP contribution in [-0.4, -0.2) is 40.4 Å². The van der Waals surface area contributed by atoms with Crippen molar-refractivity contribution in [2.75, 3.05) is 25.0 Å². The van der Waals surface area contributed by atoms with Crippen LogP contribution in [0.2, 0.25) is 0 Å². The van der Waals surface area contributed by atoms with Crippen molar-refractivity contribution in [1.82, 2.24) is 14.7 Å². The zero-order valence-electron chi connectivity index (χ0n) is 14.2. The average Bonchev–Trinajstić information content (AvgIpc) is 2.91. The SMILES string of the molecule is CCN(CC)CCn1cc(NC2CCC(C)CC2C)cn1. The van der Waals surface area contributed by atoms with Crippen molar-refractivity contribution < 1.29 is 0 Å². The predicted octanol–water partition coefficient (Wildman–Crippen LogP) is 3.46. The van der Waals surface area contributed by atoms with E-state index in [0.717, 1.165) is 38.0 Å². The molecule has 4 heteroatoms. The summed E-state index contributed by atoms with van der Waals surface area (Å²) in [5, 5.41) is 8.18. The van der Waals surface area contributed by atoms with Gasteiger partial charge in [0.2, 0.25) is 0 Å². The van der Waals surface area contributed by atoms with Crippen molar-refractivity contribution in [3.05, 3.63) is 12.4 Å². The minimum Gasteiger partial charge on any atom is -0.380 e. The van der Waals surface area contributed by atoms with Crippen LogP contribution in [0.1, 0.15) is 47.0 Å². The molecular weight excluding hydrogens is 260 g/mol. The van der Waals surface area contributed by atoms with Crippen molar-refractivity contribution >= 4 is 5.69 Å². The number of hydrogen-bond donors (Lipinski definition) is 1. The van der Waals surface area contributed by atoms with Crippen LogP contribution in [0.3, 0.4) is 0 Å². The lowest BCUT2D eigenvalue weighted by molar-refractivity contribution is 0.276. The molecule has 1 N–H and O–H groups in total. The van der Waals surface area contributed by atoms with Gasteiger partial charge < -0.3 is 10.2 Å². The molecule has 4 nitrogen and oxygen atoms in total. The first-order chi connectivity index (χ1) is 10.1. The second-order valence-electron chi connectivity index (χ2n) is 6.67.